The molecule has 118 valence electrons. The highest BCUT2D eigenvalue weighted by Crippen LogP contribution is 2.18. The summed E-state index contributed by atoms with van der Waals surface area (Å²) < 4.78 is 1.34. The standard InChI is InChI=1S/C18H13N3O2S/c22-16-14(10-13-8-4-5-9-15(13)19-16)11-21-18(23)24-17(20-21)12-6-2-1-3-7-12/h1-10H,11H2,(H,19,22). The van der Waals surface area contributed by atoms with Crippen LogP contribution < -0.4 is 10.4 Å². The third-order valence-corrected chi connectivity index (χ3v) is 4.67. The predicted octanol–water partition coefficient (Wildman–Crippen LogP) is 2.86. The molecule has 0 atom stereocenters. The lowest BCUT2D eigenvalue weighted by Gasteiger charge is -2.03. The fraction of sp³-hybridized carbons (Fsp3) is 0.0556. The normalized spacial score (nSPS) is 11.0. The Morgan fingerprint density at radius 1 is 1.00 bits per heavy atom. The van der Waals surface area contributed by atoms with E-state index < -0.39 is 0 Å². The molecule has 0 unspecified atom stereocenters. The molecule has 2 heterocycles. The van der Waals surface area contributed by atoms with E-state index in [4.69, 9.17) is 0 Å². The van der Waals surface area contributed by atoms with Crippen LogP contribution in [-0.2, 0) is 6.54 Å². The largest absolute Gasteiger partial charge is 0.325 e. The second-order valence-electron chi connectivity index (χ2n) is 5.41. The molecule has 0 spiro atoms. The van der Waals surface area contributed by atoms with Crippen LogP contribution in [0.4, 0.5) is 0 Å². The quantitative estimate of drug-likeness (QED) is 0.626. The van der Waals surface area contributed by atoms with Crippen LogP contribution in [0.3, 0.4) is 0 Å². The van der Waals surface area contributed by atoms with E-state index in [1.807, 2.05) is 60.7 Å². The van der Waals surface area contributed by atoms with Gasteiger partial charge in [-0.2, -0.15) is 5.10 Å². The molecule has 0 saturated carbocycles. The maximum absolute atomic E-state index is 12.2. The van der Waals surface area contributed by atoms with Crippen LogP contribution in [0, 0.1) is 0 Å². The van der Waals surface area contributed by atoms with Crippen LogP contribution in [0.15, 0.2) is 70.3 Å². The fourth-order valence-corrected chi connectivity index (χ4v) is 3.34. The number of H-pyrrole nitrogens is 1. The molecule has 0 saturated heterocycles. The Bertz CT molecular complexity index is 1130. The zero-order valence-corrected chi connectivity index (χ0v) is 13.4. The zero-order chi connectivity index (χ0) is 16.5. The highest BCUT2D eigenvalue weighted by Gasteiger charge is 2.11. The van der Waals surface area contributed by atoms with Crippen molar-refractivity contribution < 1.29 is 0 Å². The van der Waals surface area contributed by atoms with E-state index in [1.165, 1.54) is 4.68 Å². The molecule has 0 fully saturated rings. The maximum Gasteiger partial charge on any atom is 0.325 e. The first-order chi connectivity index (χ1) is 11.7. The number of pyridine rings is 1. The van der Waals surface area contributed by atoms with Crippen LogP contribution >= 0.6 is 11.3 Å². The molecule has 1 N–H and O–H groups in total. The maximum atomic E-state index is 12.2. The Hall–Kier alpha value is -2.99. The van der Waals surface area contributed by atoms with E-state index in [9.17, 15) is 9.59 Å². The molecule has 4 aromatic rings. The summed E-state index contributed by atoms with van der Waals surface area (Å²) in [6.45, 7) is 0.155. The minimum Gasteiger partial charge on any atom is -0.322 e. The number of benzene rings is 2. The van der Waals surface area contributed by atoms with Crippen molar-refractivity contribution in [3.8, 4) is 10.6 Å². The molecule has 24 heavy (non-hydrogen) atoms. The van der Waals surface area contributed by atoms with Crippen LogP contribution in [0.2, 0.25) is 0 Å². The minimum atomic E-state index is -0.199. The molecular weight excluding hydrogens is 322 g/mol. The highest BCUT2D eigenvalue weighted by atomic mass is 32.1. The topological polar surface area (TPSA) is 67.8 Å². The van der Waals surface area contributed by atoms with Crippen molar-refractivity contribution in [3.63, 3.8) is 0 Å². The van der Waals surface area contributed by atoms with E-state index in [2.05, 4.69) is 10.1 Å². The Labute approximate surface area is 140 Å². The summed E-state index contributed by atoms with van der Waals surface area (Å²) in [5, 5.41) is 5.95. The Morgan fingerprint density at radius 2 is 1.75 bits per heavy atom. The van der Waals surface area contributed by atoms with E-state index in [1.54, 1.807) is 0 Å². The number of nitrogens with one attached hydrogen (secondary N) is 1. The Kier molecular flexibility index (Phi) is 3.59. The molecule has 2 aromatic carbocycles. The van der Waals surface area contributed by atoms with E-state index in [0.717, 1.165) is 27.8 Å². The first-order valence-electron chi connectivity index (χ1n) is 7.45. The van der Waals surface area contributed by atoms with Crippen molar-refractivity contribution in [3.05, 3.63) is 86.2 Å². The number of aromatic nitrogens is 3. The van der Waals surface area contributed by atoms with Gasteiger partial charge in [0.25, 0.3) is 5.56 Å². The first kappa shape index (κ1) is 14.6. The number of para-hydroxylation sites is 1. The lowest BCUT2D eigenvalue weighted by atomic mass is 10.1. The second kappa shape index (κ2) is 5.90. The monoisotopic (exact) mass is 335 g/mol. The SMILES string of the molecule is O=c1[nH]c2ccccc2cc1Cn1nc(-c2ccccc2)sc1=O. The van der Waals surface area contributed by atoms with Gasteiger partial charge in [0.2, 0.25) is 0 Å². The summed E-state index contributed by atoms with van der Waals surface area (Å²) in [6.07, 6.45) is 0. The van der Waals surface area contributed by atoms with Crippen molar-refractivity contribution in [2.75, 3.05) is 0 Å². The Balaban J connectivity index is 1.74. The fourth-order valence-electron chi connectivity index (χ4n) is 2.57. The number of aromatic amines is 1. The molecule has 0 aliphatic carbocycles. The second-order valence-corrected chi connectivity index (χ2v) is 6.35. The van der Waals surface area contributed by atoms with Crippen molar-refractivity contribution >= 4 is 22.2 Å². The molecule has 0 aliphatic heterocycles. The van der Waals surface area contributed by atoms with Gasteiger partial charge in [0, 0.05) is 16.6 Å². The molecular formula is C18H13N3O2S. The molecule has 4 rings (SSSR count). The van der Waals surface area contributed by atoms with Crippen molar-refractivity contribution in [1.82, 2.24) is 14.8 Å². The average molecular weight is 335 g/mol. The lowest BCUT2D eigenvalue weighted by molar-refractivity contribution is 0.664. The average Bonchev–Trinajstić information content (AvgIpc) is 2.97. The van der Waals surface area contributed by atoms with Gasteiger partial charge in [-0.25, -0.2) is 4.68 Å². The number of fused-ring (bicyclic) bond motifs is 1. The van der Waals surface area contributed by atoms with Gasteiger partial charge >= 0.3 is 4.87 Å². The minimum absolute atomic E-state index is 0.155. The smallest absolute Gasteiger partial charge is 0.322 e. The van der Waals surface area contributed by atoms with Gasteiger partial charge < -0.3 is 4.98 Å². The molecule has 0 amide bonds. The van der Waals surface area contributed by atoms with Crippen molar-refractivity contribution in [2.24, 2.45) is 0 Å². The van der Waals surface area contributed by atoms with Gasteiger partial charge in [-0.1, -0.05) is 59.9 Å². The third-order valence-electron chi connectivity index (χ3n) is 3.78. The van der Waals surface area contributed by atoms with Gasteiger partial charge in [0.15, 0.2) is 0 Å². The van der Waals surface area contributed by atoms with E-state index >= 15 is 0 Å². The van der Waals surface area contributed by atoms with E-state index in [-0.39, 0.29) is 17.0 Å². The van der Waals surface area contributed by atoms with Gasteiger partial charge in [-0.05, 0) is 17.5 Å². The summed E-state index contributed by atoms with van der Waals surface area (Å²) in [6, 6.07) is 18.9. The third kappa shape index (κ3) is 2.68. The first-order valence-corrected chi connectivity index (χ1v) is 8.27. The molecule has 6 heteroatoms. The van der Waals surface area contributed by atoms with Gasteiger partial charge in [0.05, 0.1) is 6.54 Å². The number of nitrogens with zero attached hydrogens (tertiary/aromatic N) is 2. The summed E-state index contributed by atoms with van der Waals surface area (Å²) in [7, 11) is 0. The molecule has 0 radical (unpaired) electrons. The van der Waals surface area contributed by atoms with Gasteiger partial charge in [-0.3, -0.25) is 9.59 Å². The molecule has 5 nitrogen and oxygen atoms in total. The number of hydrogen-bond acceptors (Lipinski definition) is 4. The van der Waals surface area contributed by atoms with Crippen LogP contribution in [0.25, 0.3) is 21.5 Å². The van der Waals surface area contributed by atoms with Crippen LogP contribution in [0.5, 0.6) is 0 Å². The lowest BCUT2D eigenvalue weighted by Crippen LogP contribution is -2.21. The van der Waals surface area contributed by atoms with Crippen molar-refractivity contribution in [2.45, 2.75) is 6.54 Å². The van der Waals surface area contributed by atoms with Crippen LogP contribution in [-0.4, -0.2) is 14.8 Å². The number of hydrogen-bond donors (Lipinski definition) is 1. The molecule has 0 bridgehead atoms. The zero-order valence-electron chi connectivity index (χ0n) is 12.6. The number of rotatable bonds is 3. The molecule has 0 aliphatic rings. The van der Waals surface area contributed by atoms with Gasteiger partial charge in [0.1, 0.15) is 5.01 Å². The Morgan fingerprint density at radius 3 is 2.58 bits per heavy atom. The summed E-state index contributed by atoms with van der Waals surface area (Å²) >= 11 is 1.08. The highest BCUT2D eigenvalue weighted by molar-refractivity contribution is 7.12. The van der Waals surface area contributed by atoms with Gasteiger partial charge in [-0.15, -0.1) is 0 Å². The van der Waals surface area contributed by atoms with E-state index in [0.29, 0.717) is 10.6 Å². The van der Waals surface area contributed by atoms with Crippen molar-refractivity contribution in [1.29, 1.82) is 0 Å². The predicted molar refractivity (Wildman–Crippen MR) is 95.5 cm³/mol. The summed E-state index contributed by atoms with van der Waals surface area (Å²) in [5.41, 5.74) is 1.99. The molecule has 2 aromatic heterocycles. The summed E-state index contributed by atoms with van der Waals surface area (Å²) in [4.78, 5) is 27.1. The summed E-state index contributed by atoms with van der Waals surface area (Å²) in [5.74, 6) is 0. The van der Waals surface area contributed by atoms with Crippen LogP contribution in [0.1, 0.15) is 5.56 Å².